The Morgan fingerprint density at radius 2 is 2.29 bits per heavy atom. The molecule has 0 amide bonds. The zero-order chi connectivity index (χ0) is 10.6. The molecule has 0 aliphatic carbocycles. The van der Waals surface area contributed by atoms with Crippen molar-refractivity contribution in [1.29, 1.82) is 0 Å². The van der Waals surface area contributed by atoms with Gasteiger partial charge in [-0.1, -0.05) is 24.2 Å². The van der Waals surface area contributed by atoms with Gasteiger partial charge in [-0.25, -0.2) is 4.79 Å². The van der Waals surface area contributed by atoms with Crippen LogP contribution in [0.25, 0.3) is 0 Å². The fraction of sp³-hybridized carbons (Fsp3) is 0.100. The molecule has 3 nitrogen and oxygen atoms in total. The maximum absolute atomic E-state index is 10.4. The van der Waals surface area contributed by atoms with Crippen LogP contribution in [0.4, 0.5) is 0 Å². The Morgan fingerprint density at radius 1 is 1.57 bits per heavy atom. The zero-order valence-electron chi connectivity index (χ0n) is 7.37. The van der Waals surface area contributed by atoms with Gasteiger partial charge >= 0.3 is 5.97 Å². The van der Waals surface area contributed by atoms with E-state index in [4.69, 9.17) is 21.4 Å². The highest BCUT2D eigenvalue weighted by Gasteiger charge is 2.04. The Balaban J connectivity index is 2.54. The molecule has 0 bridgehead atoms. The van der Waals surface area contributed by atoms with Crippen molar-refractivity contribution in [3.63, 3.8) is 0 Å². The first kappa shape index (κ1) is 10.6. The van der Waals surface area contributed by atoms with Gasteiger partial charge in [-0.15, -0.1) is 0 Å². The normalized spacial score (nSPS) is 9.50. The van der Waals surface area contributed by atoms with Gasteiger partial charge in [-0.2, -0.15) is 0 Å². The fourth-order valence-electron chi connectivity index (χ4n) is 0.789. The van der Waals surface area contributed by atoms with E-state index < -0.39 is 5.97 Å². The van der Waals surface area contributed by atoms with Crippen molar-refractivity contribution in [3.8, 4) is 5.75 Å². The smallest absolute Gasteiger partial charge is 0.334 e. The molecule has 1 N–H and O–H groups in total. The van der Waals surface area contributed by atoms with Gasteiger partial charge in [0.1, 0.15) is 12.4 Å². The molecule has 0 unspecified atom stereocenters. The molecule has 1 aromatic rings. The van der Waals surface area contributed by atoms with Crippen molar-refractivity contribution < 1.29 is 14.6 Å². The average molecular weight is 213 g/mol. The number of hydrogen-bond acceptors (Lipinski definition) is 2. The lowest BCUT2D eigenvalue weighted by Gasteiger charge is -2.05. The Labute approximate surface area is 86.6 Å². The largest absolute Gasteiger partial charge is 0.489 e. The van der Waals surface area contributed by atoms with Crippen LogP contribution in [0.3, 0.4) is 0 Å². The molecule has 0 fully saturated rings. The van der Waals surface area contributed by atoms with E-state index >= 15 is 0 Å². The van der Waals surface area contributed by atoms with E-state index in [1.54, 1.807) is 24.3 Å². The van der Waals surface area contributed by atoms with Gasteiger partial charge in [-0.05, 0) is 18.2 Å². The van der Waals surface area contributed by atoms with Crippen LogP contribution in [0.2, 0.25) is 5.02 Å². The van der Waals surface area contributed by atoms with Crippen LogP contribution in [0, 0.1) is 0 Å². The molecule has 0 saturated carbocycles. The fourth-order valence-corrected chi connectivity index (χ4v) is 0.969. The maximum Gasteiger partial charge on any atom is 0.334 e. The Bertz CT molecular complexity index is 360. The molecule has 0 saturated heterocycles. The van der Waals surface area contributed by atoms with E-state index in [1.165, 1.54) is 0 Å². The number of aliphatic carboxylic acids is 1. The Kier molecular flexibility index (Phi) is 3.54. The molecule has 0 radical (unpaired) electrons. The third-order valence-electron chi connectivity index (χ3n) is 1.51. The number of rotatable bonds is 4. The number of ether oxygens (including phenoxy) is 1. The van der Waals surface area contributed by atoms with Crippen LogP contribution in [0.1, 0.15) is 0 Å². The number of hydrogen-bond donors (Lipinski definition) is 1. The number of carbonyl (C=O) groups is 1. The SMILES string of the molecule is C=C(COc1cccc(Cl)c1)C(=O)O. The molecule has 14 heavy (non-hydrogen) atoms. The minimum Gasteiger partial charge on any atom is -0.489 e. The quantitative estimate of drug-likeness (QED) is 0.780. The van der Waals surface area contributed by atoms with E-state index in [9.17, 15) is 4.79 Å². The van der Waals surface area contributed by atoms with Gasteiger partial charge in [0.15, 0.2) is 0 Å². The van der Waals surface area contributed by atoms with Gasteiger partial charge in [0.05, 0.1) is 5.57 Å². The summed E-state index contributed by atoms with van der Waals surface area (Å²) in [5.41, 5.74) is 0.00461. The van der Waals surface area contributed by atoms with E-state index in [1.807, 2.05) is 0 Å². The van der Waals surface area contributed by atoms with Crippen molar-refractivity contribution in [1.82, 2.24) is 0 Å². The lowest BCUT2D eigenvalue weighted by atomic mass is 10.3. The van der Waals surface area contributed by atoms with E-state index in [-0.39, 0.29) is 12.2 Å². The summed E-state index contributed by atoms with van der Waals surface area (Å²) in [6.45, 7) is 3.29. The molecule has 0 aromatic heterocycles. The van der Waals surface area contributed by atoms with Crippen LogP contribution in [-0.4, -0.2) is 17.7 Å². The highest BCUT2D eigenvalue weighted by molar-refractivity contribution is 6.30. The van der Waals surface area contributed by atoms with Gasteiger partial charge in [0.2, 0.25) is 0 Å². The van der Waals surface area contributed by atoms with Crippen LogP contribution >= 0.6 is 11.6 Å². The summed E-state index contributed by atoms with van der Waals surface area (Å²) < 4.78 is 5.15. The Hall–Kier alpha value is -1.48. The van der Waals surface area contributed by atoms with Gasteiger partial charge in [0.25, 0.3) is 0 Å². The van der Waals surface area contributed by atoms with Crippen molar-refractivity contribution in [2.75, 3.05) is 6.61 Å². The topological polar surface area (TPSA) is 46.5 Å². The maximum atomic E-state index is 10.4. The summed E-state index contributed by atoms with van der Waals surface area (Å²) in [5, 5.41) is 9.05. The van der Waals surface area contributed by atoms with Gasteiger partial charge in [-0.3, -0.25) is 0 Å². The molecule has 74 valence electrons. The monoisotopic (exact) mass is 212 g/mol. The molecule has 1 aromatic carbocycles. The van der Waals surface area contributed by atoms with Crippen molar-refractivity contribution in [3.05, 3.63) is 41.4 Å². The standard InChI is InChI=1S/C10H9ClO3/c1-7(10(12)13)6-14-9-4-2-3-8(11)5-9/h2-5H,1,6H2,(H,12,13). The summed E-state index contributed by atoms with van der Waals surface area (Å²) in [5.74, 6) is -0.535. The molecule has 4 heteroatoms. The van der Waals surface area contributed by atoms with E-state index in [0.717, 1.165) is 0 Å². The zero-order valence-corrected chi connectivity index (χ0v) is 8.12. The third-order valence-corrected chi connectivity index (χ3v) is 1.75. The number of halogens is 1. The highest BCUT2D eigenvalue weighted by Crippen LogP contribution is 2.17. The summed E-state index contributed by atoms with van der Waals surface area (Å²) in [6, 6.07) is 6.74. The first-order valence-electron chi connectivity index (χ1n) is 3.89. The summed E-state index contributed by atoms with van der Waals surface area (Å²) in [6.07, 6.45) is 0. The molecule has 0 atom stereocenters. The lowest BCUT2D eigenvalue weighted by molar-refractivity contribution is -0.133. The van der Waals surface area contributed by atoms with Gasteiger partial charge < -0.3 is 9.84 Å². The Morgan fingerprint density at radius 3 is 2.86 bits per heavy atom. The summed E-state index contributed by atoms with van der Waals surface area (Å²) in [7, 11) is 0. The summed E-state index contributed by atoms with van der Waals surface area (Å²) in [4.78, 5) is 10.4. The molecule has 0 spiro atoms. The highest BCUT2D eigenvalue weighted by atomic mass is 35.5. The van der Waals surface area contributed by atoms with Crippen LogP contribution in [0.15, 0.2) is 36.4 Å². The van der Waals surface area contributed by atoms with Crippen LogP contribution < -0.4 is 4.74 Å². The van der Waals surface area contributed by atoms with Crippen LogP contribution in [0.5, 0.6) is 5.75 Å². The molecule has 1 rings (SSSR count). The molecule has 0 aliphatic rings. The average Bonchev–Trinajstić information content (AvgIpc) is 2.14. The molecular formula is C10H9ClO3. The second-order valence-corrected chi connectivity index (χ2v) is 3.09. The second-order valence-electron chi connectivity index (χ2n) is 2.65. The van der Waals surface area contributed by atoms with Crippen LogP contribution in [-0.2, 0) is 4.79 Å². The number of carboxylic acid groups (broad SMARTS) is 1. The third kappa shape index (κ3) is 3.11. The summed E-state index contributed by atoms with van der Waals surface area (Å²) >= 11 is 5.70. The first-order chi connectivity index (χ1) is 6.59. The lowest BCUT2D eigenvalue weighted by Crippen LogP contribution is -2.08. The number of carboxylic acids is 1. The van der Waals surface area contributed by atoms with Gasteiger partial charge in [0, 0.05) is 5.02 Å². The van der Waals surface area contributed by atoms with Crippen molar-refractivity contribution >= 4 is 17.6 Å². The predicted octanol–water partition coefficient (Wildman–Crippen LogP) is 2.36. The molecular weight excluding hydrogens is 204 g/mol. The predicted molar refractivity (Wildman–Crippen MR) is 53.7 cm³/mol. The minimum absolute atomic E-state index is 0.00461. The second kappa shape index (κ2) is 4.67. The molecule has 0 aliphatic heterocycles. The van der Waals surface area contributed by atoms with E-state index in [2.05, 4.69) is 6.58 Å². The number of benzene rings is 1. The first-order valence-corrected chi connectivity index (χ1v) is 4.27. The van der Waals surface area contributed by atoms with Crippen molar-refractivity contribution in [2.24, 2.45) is 0 Å². The minimum atomic E-state index is -1.06. The van der Waals surface area contributed by atoms with Crippen molar-refractivity contribution in [2.45, 2.75) is 0 Å². The van der Waals surface area contributed by atoms with E-state index in [0.29, 0.717) is 10.8 Å². The molecule has 0 heterocycles.